The van der Waals surface area contributed by atoms with Crippen molar-refractivity contribution in [3.8, 4) is 0 Å². The van der Waals surface area contributed by atoms with Crippen LogP contribution in [0.2, 0.25) is 0 Å². The van der Waals surface area contributed by atoms with E-state index < -0.39 is 17.4 Å². The Morgan fingerprint density at radius 1 is 0.909 bits per heavy atom. The highest BCUT2D eigenvalue weighted by molar-refractivity contribution is 6.07. The summed E-state index contributed by atoms with van der Waals surface area (Å²) in [4.78, 5) is 4.28. The Morgan fingerprint density at radius 2 is 1.45 bits per heavy atom. The second kappa shape index (κ2) is 9.86. The van der Waals surface area contributed by atoms with Crippen LogP contribution in [0, 0.1) is 12.3 Å². The molecule has 0 amide bonds. The van der Waals surface area contributed by atoms with E-state index in [1.165, 1.54) is 12.3 Å². The number of aryl methyl sites for hydroxylation is 1. The highest BCUT2D eigenvalue weighted by atomic mass is 19.4. The average molecular weight is 450 g/mol. The molecule has 2 aromatic carbocycles. The van der Waals surface area contributed by atoms with Gasteiger partial charge in [-0.05, 0) is 49.1 Å². The first-order valence-electron chi connectivity index (χ1n) is 10.6. The van der Waals surface area contributed by atoms with Crippen molar-refractivity contribution in [3.05, 3.63) is 119 Å². The summed E-state index contributed by atoms with van der Waals surface area (Å²) in [7, 11) is 0. The van der Waals surface area contributed by atoms with Crippen molar-refractivity contribution in [1.29, 1.82) is 5.41 Å². The van der Waals surface area contributed by atoms with Gasteiger partial charge in [-0.15, -0.1) is 0 Å². The second-order valence-corrected chi connectivity index (χ2v) is 7.58. The maximum absolute atomic E-state index is 13.6. The van der Waals surface area contributed by atoms with E-state index in [1.54, 1.807) is 6.92 Å². The van der Waals surface area contributed by atoms with E-state index in [1.807, 2.05) is 92.7 Å². The van der Waals surface area contributed by atoms with Crippen molar-refractivity contribution in [2.45, 2.75) is 32.5 Å². The number of alkyl halides is 3. The SMILES string of the molecule is C/C=C\C(=C/C)C(Nc1nccc(C)c1C(=N)C(F)(F)F)(c1ccccc1)c1ccccc1. The van der Waals surface area contributed by atoms with Crippen molar-refractivity contribution in [1.82, 2.24) is 4.98 Å². The van der Waals surface area contributed by atoms with Gasteiger partial charge in [0.05, 0.1) is 0 Å². The Hall–Kier alpha value is -3.67. The van der Waals surface area contributed by atoms with E-state index in [0.29, 0.717) is 5.56 Å². The van der Waals surface area contributed by atoms with Crippen LogP contribution in [0.1, 0.15) is 36.1 Å². The van der Waals surface area contributed by atoms with Gasteiger partial charge in [-0.2, -0.15) is 13.2 Å². The standard InChI is InChI=1S/C27H26F3N3/c1-4-12-20(5-2)26(21-13-8-6-9-14-21,22-15-10-7-11-16-22)33-25-23(19(3)17-18-32-25)24(31)27(28,29)30/h4-18,31H,1-3H3,(H,32,33)/b12-4-,20-5+,31-24?. The van der Waals surface area contributed by atoms with E-state index >= 15 is 0 Å². The molecule has 0 aliphatic heterocycles. The molecule has 0 radical (unpaired) electrons. The molecule has 0 aliphatic carbocycles. The Bertz CT molecular complexity index is 1120. The summed E-state index contributed by atoms with van der Waals surface area (Å²) >= 11 is 0. The molecule has 1 aromatic heterocycles. The quantitative estimate of drug-likeness (QED) is 0.296. The van der Waals surface area contributed by atoms with Gasteiger partial charge >= 0.3 is 6.18 Å². The van der Waals surface area contributed by atoms with E-state index in [2.05, 4.69) is 10.3 Å². The molecular weight excluding hydrogens is 423 g/mol. The summed E-state index contributed by atoms with van der Waals surface area (Å²) in [5, 5.41) is 11.2. The van der Waals surface area contributed by atoms with E-state index in [9.17, 15) is 13.2 Å². The van der Waals surface area contributed by atoms with Crippen LogP contribution in [0.25, 0.3) is 0 Å². The monoisotopic (exact) mass is 449 g/mol. The lowest BCUT2D eigenvalue weighted by Crippen LogP contribution is -2.40. The van der Waals surface area contributed by atoms with Crippen LogP contribution in [0.15, 0.2) is 96.7 Å². The third-order valence-corrected chi connectivity index (χ3v) is 5.50. The summed E-state index contributed by atoms with van der Waals surface area (Å²) in [6.07, 6.45) is 2.39. The van der Waals surface area contributed by atoms with Crippen LogP contribution < -0.4 is 5.32 Å². The molecule has 2 N–H and O–H groups in total. The minimum absolute atomic E-state index is 0.00566. The van der Waals surface area contributed by atoms with Crippen molar-refractivity contribution in [2.24, 2.45) is 0 Å². The molecule has 0 saturated carbocycles. The second-order valence-electron chi connectivity index (χ2n) is 7.58. The molecule has 170 valence electrons. The van der Waals surface area contributed by atoms with Crippen LogP contribution in [-0.4, -0.2) is 16.9 Å². The summed E-state index contributed by atoms with van der Waals surface area (Å²) in [6.45, 7) is 5.33. The lowest BCUT2D eigenvalue weighted by Gasteiger charge is -2.39. The molecule has 0 atom stereocenters. The van der Waals surface area contributed by atoms with Gasteiger partial charge in [0, 0.05) is 11.8 Å². The molecule has 0 spiro atoms. The summed E-state index contributed by atoms with van der Waals surface area (Å²) < 4.78 is 40.8. The number of pyridine rings is 1. The summed E-state index contributed by atoms with van der Waals surface area (Å²) in [5.41, 5.74) is 0.0555. The molecular formula is C27H26F3N3. The number of benzene rings is 2. The Kier molecular flexibility index (Phi) is 7.16. The molecule has 0 unspecified atom stereocenters. The molecule has 1 heterocycles. The van der Waals surface area contributed by atoms with Gasteiger partial charge in [-0.3, -0.25) is 5.41 Å². The minimum atomic E-state index is -4.81. The lowest BCUT2D eigenvalue weighted by molar-refractivity contribution is -0.0587. The number of hydrogen-bond acceptors (Lipinski definition) is 3. The van der Waals surface area contributed by atoms with Gasteiger partial charge in [-0.1, -0.05) is 78.9 Å². The number of nitrogens with one attached hydrogen (secondary N) is 2. The minimum Gasteiger partial charge on any atom is -0.352 e. The topological polar surface area (TPSA) is 48.8 Å². The van der Waals surface area contributed by atoms with Crippen LogP contribution >= 0.6 is 0 Å². The number of halogens is 3. The van der Waals surface area contributed by atoms with E-state index in [-0.39, 0.29) is 11.4 Å². The number of anilines is 1. The van der Waals surface area contributed by atoms with E-state index in [4.69, 9.17) is 5.41 Å². The molecule has 0 aliphatic rings. The van der Waals surface area contributed by atoms with Crippen LogP contribution in [0.4, 0.5) is 19.0 Å². The van der Waals surface area contributed by atoms with Crippen LogP contribution in [0.3, 0.4) is 0 Å². The maximum Gasteiger partial charge on any atom is 0.433 e. The fraction of sp³-hybridized carbons (Fsp3) is 0.185. The third-order valence-electron chi connectivity index (χ3n) is 5.50. The fourth-order valence-corrected chi connectivity index (χ4v) is 4.00. The number of allylic oxidation sites excluding steroid dienone is 2. The van der Waals surface area contributed by atoms with Gasteiger partial charge in [0.2, 0.25) is 0 Å². The van der Waals surface area contributed by atoms with Crippen molar-refractivity contribution in [3.63, 3.8) is 0 Å². The largest absolute Gasteiger partial charge is 0.433 e. The van der Waals surface area contributed by atoms with Gasteiger partial charge in [0.15, 0.2) is 0 Å². The summed E-state index contributed by atoms with van der Waals surface area (Å²) in [6, 6.07) is 20.5. The van der Waals surface area contributed by atoms with Crippen LogP contribution in [-0.2, 0) is 5.54 Å². The van der Waals surface area contributed by atoms with Crippen LogP contribution in [0.5, 0.6) is 0 Å². The first-order valence-corrected chi connectivity index (χ1v) is 10.6. The molecule has 0 fully saturated rings. The number of hydrogen-bond donors (Lipinski definition) is 2. The Morgan fingerprint density at radius 3 is 1.91 bits per heavy atom. The first kappa shape index (κ1) is 24.0. The Labute approximate surface area is 192 Å². The highest BCUT2D eigenvalue weighted by Crippen LogP contribution is 2.42. The van der Waals surface area contributed by atoms with Gasteiger partial charge in [-0.25, -0.2) is 4.98 Å². The number of nitrogens with zero attached hydrogens (tertiary/aromatic N) is 1. The molecule has 3 aromatic rings. The zero-order valence-electron chi connectivity index (χ0n) is 18.7. The lowest BCUT2D eigenvalue weighted by atomic mass is 9.76. The first-order chi connectivity index (χ1) is 15.8. The summed E-state index contributed by atoms with van der Waals surface area (Å²) in [5.74, 6) is -0.00566. The fourth-order valence-electron chi connectivity index (χ4n) is 4.00. The third kappa shape index (κ3) is 4.75. The van der Waals surface area contributed by atoms with Crippen molar-refractivity contribution in [2.75, 3.05) is 5.32 Å². The predicted octanol–water partition coefficient (Wildman–Crippen LogP) is 7.20. The van der Waals surface area contributed by atoms with Crippen molar-refractivity contribution < 1.29 is 13.2 Å². The normalized spacial score (nSPS) is 12.7. The number of rotatable bonds is 7. The van der Waals surface area contributed by atoms with Crippen molar-refractivity contribution >= 4 is 11.5 Å². The molecule has 6 heteroatoms. The molecule has 0 saturated heterocycles. The zero-order valence-corrected chi connectivity index (χ0v) is 18.7. The smallest absolute Gasteiger partial charge is 0.352 e. The zero-order chi connectivity index (χ0) is 24.1. The molecule has 3 nitrogen and oxygen atoms in total. The molecule has 0 bridgehead atoms. The van der Waals surface area contributed by atoms with Gasteiger partial charge < -0.3 is 5.32 Å². The van der Waals surface area contributed by atoms with E-state index in [0.717, 1.165) is 16.7 Å². The maximum atomic E-state index is 13.6. The Balaban J connectivity index is 2.38. The molecule has 3 rings (SSSR count). The van der Waals surface area contributed by atoms with Gasteiger partial charge in [0.25, 0.3) is 0 Å². The average Bonchev–Trinajstić information content (AvgIpc) is 2.81. The van der Waals surface area contributed by atoms with Gasteiger partial charge in [0.1, 0.15) is 17.1 Å². The molecule has 33 heavy (non-hydrogen) atoms. The highest BCUT2D eigenvalue weighted by Gasteiger charge is 2.41. The number of aromatic nitrogens is 1. The predicted molar refractivity (Wildman–Crippen MR) is 128 cm³/mol.